The van der Waals surface area contributed by atoms with Crippen molar-refractivity contribution in [1.82, 2.24) is 14.7 Å². The molecule has 0 fully saturated rings. The Hall–Kier alpha value is -2.57. The van der Waals surface area contributed by atoms with Crippen LogP contribution in [0.15, 0.2) is 21.1 Å². The highest BCUT2D eigenvalue weighted by atomic mass is 32.2. The number of aryl methyl sites for hydroxylation is 1. The van der Waals surface area contributed by atoms with E-state index in [2.05, 4.69) is 20.0 Å². The summed E-state index contributed by atoms with van der Waals surface area (Å²) in [5.74, 6) is -0.191. The Bertz CT molecular complexity index is 1230. The van der Waals surface area contributed by atoms with Crippen molar-refractivity contribution in [2.24, 2.45) is 11.3 Å². The number of fused-ring (bicyclic) bond motifs is 1. The molecule has 1 aliphatic heterocycles. The van der Waals surface area contributed by atoms with Crippen LogP contribution in [0.3, 0.4) is 0 Å². The number of ether oxygens (including phenoxy) is 1. The van der Waals surface area contributed by atoms with Crippen molar-refractivity contribution in [1.29, 1.82) is 0 Å². The standard InChI is InChI=1S/C22H30N4O6S2/c1-5-32-16(27)12-24-34(30,31)17-9-8-14(33-17)7-6-13-10-15-19(23-11-13)25-20(26-21(15)29)18(28)22(2,3)4/h8-9,13,24H,5-7,10-12H2,1-4H3,(H2,23,25,26,29). The Morgan fingerprint density at radius 3 is 2.71 bits per heavy atom. The Labute approximate surface area is 202 Å². The molecule has 2 aromatic rings. The number of carbonyl (C=O) groups excluding carboxylic acids is 2. The maximum absolute atomic E-state index is 12.6. The molecule has 0 aliphatic carbocycles. The number of sulfonamides is 1. The molecule has 1 atom stereocenters. The SMILES string of the molecule is CCOC(=O)CNS(=O)(=O)c1ccc(CCC2CNc3nc(C(=O)C(C)(C)C)[nH]c(=O)c3C2)s1. The minimum Gasteiger partial charge on any atom is -0.465 e. The molecule has 0 aromatic carbocycles. The van der Waals surface area contributed by atoms with Crippen molar-refractivity contribution >= 4 is 38.9 Å². The third kappa shape index (κ3) is 6.30. The average molecular weight is 511 g/mol. The summed E-state index contributed by atoms with van der Waals surface area (Å²) in [7, 11) is -3.79. The number of esters is 1. The van der Waals surface area contributed by atoms with E-state index in [1.54, 1.807) is 33.8 Å². The van der Waals surface area contributed by atoms with E-state index in [0.29, 0.717) is 30.8 Å². The summed E-state index contributed by atoms with van der Waals surface area (Å²) in [6.45, 7) is 7.34. The lowest BCUT2D eigenvalue weighted by atomic mass is 9.89. The first-order valence-electron chi connectivity index (χ1n) is 11.1. The molecule has 1 unspecified atom stereocenters. The normalized spacial score (nSPS) is 15.9. The quantitative estimate of drug-likeness (QED) is 0.343. The van der Waals surface area contributed by atoms with E-state index in [0.717, 1.165) is 22.6 Å². The Morgan fingerprint density at radius 2 is 2.03 bits per heavy atom. The van der Waals surface area contributed by atoms with Crippen LogP contribution in [0.2, 0.25) is 0 Å². The van der Waals surface area contributed by atoms with Gasteiger partial charge in [0.25, 0.3) is 15.6 Å². The number of rotatable bonds is 9. The van der Waals surface area contributed by atoms with Crippen molar-refractivity contribution in [3.63, 3.8) is 0 Å². The highest BCUT2D eigenvalue weighted by Gasteiger charge is 2.29. The fourth-order valence-electron chi connectivity index (χ4n) is 3.52. The van der Waals surface area contributed by atoms with E-state index in [9.17, 15) is 22.8 Å². The van der Waals surface area contributed by atoms with Crippen LogP contribution in [0.25, 0.3) is 0 Å². The second-order valence-corrected chi connectivity index (χ2v) is 12.3. The number of carbonyl (C=O) groups is 2. The van der Waals surface area contributed by atoms with Gasteiger partial charge in [-0.2, -0.15) is 4.72 Å². The van der Waals surface area contributed by atoms with Gasteiger partial charge in [-0.05, 0) is 44.2 Å². The van der Waals surface area contributed by atoms with E-state index in [4.69, 9.17) is 4.74 Å². The molecule has 0 amide bonds. The van der Waals surface area contributed by atoms with Crippen LogP contribution in [0.5, 0.6) is 0 Å². The molecule has 3 heterocycles. The van der Waals surface area contributed by atoms with Gasteiger partial charge in [0, 0.05) is 16.8 Å². The maximum atomic E-state index is 12.6. The summed E-state index contributed by atoms with van der Waals surface area (Å²) in [6.07, 6.45) is 1.91. The van der Waals surface area contributed by atoms with Gasteiger partial charge in [0.15, 0.2) is 5.82 Å². The number of ketones is 1. The molecule has 0 saturated carbocycles. The van der Waals surface area contributed by atoms with Gasteiger partial charge in [0.1, 0.15) is 16.6 Å². The number of thiophene rings is 1. The van der Waals surface area contributed by atoms with Gasteiger partial charge < -0.3 is 15.0 Å². The van der Waals surface area contributed by atoms with E-state index in [-0.39, 0.29) is 33.9 Å². The third-order valence-electron chi connectivity index (χ3n) is 5.38. The number of aromatic nitrogens is 2. The van der Waals surface area contributed by atoms with Crippen LogP contribution in [0.4, 0.5) is 5.82 Å². The van der Waals surface area contributed by atoms with Gasteiger partial charge in [0.2, 0.25) is 5.78 Å². The van der Waals surface area contributed by atoms with Gasteiger partial charge in [-0.3, -0.25) is 14.4 Å². The summed E-state index contributed by atoms with van der Waals surface area (Å²) in [5, 5.41) is 3.17. The number of hydrogen-bond donors (Lipinski definition) is 3. The molecule has 0 radical (unpaired) electrons. The third-order valence-corrected chi connectivity index (χ3v) is 8.41. The van der Waals surface area contributed by atoms with E-state index < -0.39 is 28.0 Å². The predicted octanol–water partition coefficient (Wildman–Crippen LogP) is 2.12. The highest BCUT2D eigenvalue weighted by Crippen LogP contribution is 2.27. The largest absolute Gasteiger partial charge is 0.465 e. The highest BCUT2D eigenvalue weighted by molar-refractivity contribution is 7.91. The summed E-state index contributed by atoms with van der Waals surface area (Å²) < 4.78 is 31.9. The molecule has 1 aliphatic rings. The zero-order chi connectivity index (χ0) is 25.1. The van der Waals surface area contributed by atoms with E-state index in [1.807, 2.05) is 0 Å². The topological polar surface area (TPSA) is 147 Å². The molecule has 12 heteroatoms. The summed E-state index contributed by atoms with van der Waals surface area (Å²) in [4.78, 5) is 44.4. The number of Topliss-reactive ketones (excluding diaryl/α,β-unsaturated/α-hetero) is 1. The molecule has 0 saturated heterocycles. The van der Waals surface area contributed by atoms with Crippen molar-refractivity contribution in [3.8, 4) is 0 Å². The number of nitrogens with one attached hydrogen (secondary N) is 3. The van der Waals surface area contributed by atoms with Crippen LogP contribution >= 0.6 is 11.3 Å². The lowest BCUT2D eigenvalue weighted by Crippen LogP contribution is -2.33. The van der Waals surface area contributed by atoms with Crippen LogP contribution in [-0.4, -0.2) is 49.8 Å². The van der Waals surface area contributed by atoms with E-state index in [1.165, 1.54) is 6.07 Å². The average Bonchev–Trinajstić information content (AvgIpc) is 3.26. The first kappa shape index (κ1) is 26.0. The molecular formula is C22H30N4O6S2. The van der Waals surface area contributed by atoms with Crippen molar-refractivity contribution in [2.75, 3.05) is 25.0 Å². The summed E-state index contributed by atoms with van der Waals surface area (Å²) in [5.41, 5.74) is -0.436. The lowest BCUT2D eigenvalue weighted by Gasteiger charge is -2.25. The van der Waals surface area contributed by atoms with Gasteiger partial charge in [0.05, 0.1) is 12.2 Å². The van der Waals surface area contributed by atoms with Crippen molar-refractivity contribution in [2.45, 2.75) is 51.2 Å². The second kappa shape index (κ2) is 10.4. The molecule has 0 bridgehead atoms. The minimum absolute atomic E-state index is 0.0612. The first-order chi connectivity index (χ1) is 15.9. The van der Waals surface area contributed by atoms with Crippen LogP contribution in [-0.2, 0) is 32.4 Å². The van der Waals surface area contributed by atoms with Crippen LogP contribution in [0, 0.1) is 11.3 Å². The maximum Gasteiger partial charge on any atom is 0.321 e. The molecule has 10 nitrogen and oxygen atoms in total. The van der Waals surface area contributed by atoms with Gasteiger partial charge in [-0.15, -0.1) is 11.3 Å². The Balaban J connectivity index is 1.61. The van der Waals surface area contributed by atoms with Crippen LogP contribution < -0.4 is 15.6 Å². The fraction of sp³-hybridized carbons (Fsp3) is 0.545. The lowest BCUT2D eigenvalue weighted by molar-refractivity contribution is -0.141. The molecule has 3 N–H and O–H groups in total. The smallest absolute Gasteiger partial charge is 0.321 e. The molecule has 0 spiro atoms. The number of nitrogens with zero attached hydrogens (tertiary/aromatic N) is 1. The van der Waals surface area contributed by atoms with Crippen molar-refractivity contribution < 1.29 is 22.7 Å². The van der Waals surface area contributed by atoms with Gasteiger partial charge in [-0.25, -0.2) is 13.4 Å². The second-order valence-electron chi connectivity index (χ2n) is 9.16. The molecule has 186 valence electrons. The number of H-pyrrole nitrogens is 1. The van der Waals surface area contributed by atoms with Crippen molar-refractivity contribution in [3.05, 3.63) is 38.8 Å². The number of anilines is 1. The molecule has 2 aromatic heterocycles. The number of aromatic amines is 1. The van der Waals surface area contributed by atoms with Gasteiger partial charge >= 0.3 is 5.97 Å². The Morgan fingerprint density at radius 1 is 1.29 bits per heavy atom. The zero-order valence-corrected chi connectivity index (χ0v) is 21.3. The Kier molecular flexibility index (Phi) is 7.94. The van der Waals surface area contributed by atoms with E-state index >= 15 is 0 Å². The predicted molar refractivity (Wildman–Crippen MR) is 129 cm³/mol. The molecule has 3 rings (SSSR count). The minimum atomic E-state index is -3.79. The molecule has 34 heavy (non-hydrogen) atoms. The summed E-state index contributed by atoms with van der Waals surface area (Å²) in [6, 6.07) is 3.27. The van der Waals surface area contributed by atoms with Gasteiger partial charge in [-0.1, -0.05) is 20.8 Å². The monoisotopic (exact) mass is 510 g/mol. The zero-order valence-electron chi connectivity index (χ0n) is 19.7. The number of hydrogen-bond acceptors (Lipinski definition) is 9. The fourth-order valence-corrected chi connectivity index (χ4v) is 5.91. The van der Waals surface area contributed by atoms with Crippen LogP contribution in [0.1, 0.15) is 55.2 Å². The summed E-state index contributed by atoms with van der Waals surface area (Å²) >= 11 is 1.15. The molecular weight excluding hydrogens is 480 g/mol. The first-order valence-corrected chi connectivity index (χ1v) is 13.4.